The van der Waals surface area contributed by atoms with Crippen molar-refractivity contribution < 1.29 is 9.90 Å². The zero-order chi connectivity index (χ0) is 11.6. The van der Waals surface area contributed by atoms with Crippen LogP contribution in [0.1, 0.15) is 49.6 Å². The second-order valence-electron chi connectivity index (χ2n) is 4.46. The normalized spacial score (nSPS) is 11.5. The molecule has 0 atom stereocenters. The molecule has 4 nitrogen and oxygen atoms in total. The van der Waals surface area contributed by atoms with Gasteiger partial charge in [0.1, 0.15) is 5.82 Å². The molecule has 0 unspecified atom stereocenters. The first-order valence-electron chi connectivity index (χ1n) is 4.96. The number of carboxylic acid groups (broad SMARTS) is 1. The van der Waals surface area contributed by atoms with Crippen LogP contribution in [0.2, 0.25) is 0 Å². The molecule has 82 valence electrons. The Bertz CT molecular complexity index is 381. The van der Waals surface area contributed by atoms with E-state index in [2.05, 4.69) is 9.97 Å². The Labute approximate surface area is 89.4 Å². The summed E-state index contributed by atoms with van der Waals surface area (Å²) in [6, 6.07) is 0. The Hall–Kier alpha value is -1.45. The number of carbonyl (C=O) groups is 1. The smallest absolute Gasteiger partial charge is 0.339 e. The molecule has 4 heteroatoms. The average molecular weight is 208 g/mol. The fourth-order valence-corrected chi connectivity index (χ4v) is 1.23. The number of aryl methyl sites for hydroxylation is 1. The first-order valence-corrected chi connectivity index (χ1v) is 4.96. The van der Waals surface area contributed by atoms with Crippen LogP contribution >= 0.6 is 0 Å². The fraction of sp³-hybridized carbons (Fsp3) is 0.545. The third kappa shape index (κ3) is 2.52. The Morgan fingerprint density at radius 2 is 2.07 bits per heavy atom. The SMILES string of the molecule is CCc1nc(C(C)(C)C)ncc1C(=O)O. The summed E-state index contributed by atoms with van der Waals surface area (Å²) >= 11 is 0. The molecule has 1 rings (SSSR count). The van der Waals surface area contributed by atoms with Crippen LogP contribution < -0.4 is 0 Å². The summed E-state index contributed by atoms with van der Waals surface area (Å²) in [5.41, 5.74) is 0.647. The van der Waals surface area contributed by atoms with Crippen LogP contribution in [0.3, 0.4) is 0 Å². The molecular formula is C11H16N2O2. The van der Waals surface area contributed by atoms with E-state index in [1.54, 1.807) is 0 Å². The Morgan fingerprint density at radius 1 is 1.47 bits per heavy atom. The van der Waals surface area contributed by atoms with Crippen molar-refractivity contribution in [1.29, 1.82) is 0 Å². The highest BCUT2D eigenvalue weighted by Gasteiger charge is 2.20. The van der Waals surface area contributed by atoms with Crippen LogP contribution in [0.25, 0.3) is 0 Å². The number of carboxylic acids is 1. The highest BCUT2D eigenvalue weighted by molar-refractivity contribution is 5.88. The van der Waals surface area contributed by atoms with Gasteiger partial charge in [0.25, 0.3) is 0 Å². The minimum absolute atomic E-state index is 0.152. The van der Waals surface area contributed by atoms with E-state index >= 15 is 0 Å². The molecule has 0 spiro atoms. The quantitative estimate of drug-likeness (QED) is 0.807. The van der Waals surface area contributed by atoms with E-state index in [0.29, 0.717) is 17.9 Å². The molecule has 1 aromatic rings. The fourth-order valence-electron chi connectivity index (χ4n) is 1.23. The van der Waals surface area contributed by atoms with Gasteiger partial charge in [0.15, 0.2) is 0 Å². The molecule has 1 heterocycles. The highest BCUT2D eigenvalue weighted by atomic mass is 16.4. The molecule has 0 bridgehead atoms. The highest BCUT2D eigenvalue weighted by Crippen LogP contribution is 2.19. The van der Waals surface area contributed by atoms with E-state index in [0.717, 1.165) is 0 Å². The first-order chi connectivity index (χ1) is 6.86. The molecule has 0 fully saturated rings. The molecule has 0 aliphatic rings. The van der Waals surface area contributed by atoms with E-state index < -0.39 is 5.97 Å². The van der Waals surface area contributed by atoms with E-state index in [9.17, 15) is 4.79 Å². The Morgan fingerprint density at radius 3 is 2.47 bits per heavy atom. The van der Waals surface area contributed by atoms with Crippen LogP contribution in [0.5, 0.6) is 0 Å². The van der Waals surface area contributed by atoms with Crippen molar-refractivity contribution in [2.45, 2.75) is 39.5 Å². The third-order valence-corrected chi connectivity index (χ3v) is 2.10. The molecule has 0 saturated carbocycles. The van der Waals surface area contributed by atoms with Gasteiger partial charge in [-0.15, -0.1) is 0 Å². The summed E-state index contributed by atoms with van der Waals surface area (Å²) in [6.07, 6.45) is 2.00. The predicted molar refractivity (Wildman–Crippen MR) is 57.1 cm³/mol. The molecule has 0 amide bonds. The second-order valence-corrected chi connectivity index (χ2v) is 4.46. The predicted octanol–water partition coefficient (Wildman–Crippen LogP) is 2.03. The molecule has 15 heavy (non-hydrogen) atoms. The number of hydrogen-bond donors (Lipinski definition) is 1. The summed E-state index contributed by atoms with van der Waals surface area (Å²) < 4.78 is 0. The second kappa shape index (κ2) is 3.96. The van der Waals surface area contributed by atoms with Crippen LogP contribution in [0.15, 0.2) is 6.20 Å². The van der Waals surface area contributed by atoms with E-state index in [-0.39, 0.29) is 11.0 Å². The Kier molecular flexibility index (Phi) is 3.07. The van der Waals surface area contributed by atoms with Crippen LogP contribution in [0, 0.1) is 0 Å². The molecule has 0 aliphatic carbocycles. The van der Waals surface area contributed by atoms with Crippen molar-refractivity contribution in [1.82, 2.24) is 9.97 Å². The van der Waals surface area contributed by atoms with Gasteiger partial charge < -0.3 is 5.11 Å². The van der Waals surface area contributed by atoms with Crippen molar-refractivity contribution in [3.8, 4) is 0 Å². The van der Waals surface area contributed by atoms with Gasteiger partial charge in [-0.2, -0.15) is 0 Å². The molecule has 1 aromatic heterocycles. The average Bonchev–Trinajstić information content (AvgIpc) is 2.15. The van der Waals surface area contributed by atoms with Crippen LogP contribution in [-0.4, -0.2) is 21.0 Å². The summed E-state index contributed by atoms with van der Waals surface area (Å²) in [5.74, 6) is -0.281. The Balaban J connectivity index is 3.25. The van der Waals surface area contributed by atoms with E-state index in [1.165, 1.54) is 6.20 Å². The summed E-state index contributed by atoms with van der Waals surface area (Å²) in [5, 5.41) is 8.91. The van der Waals surface area contributed by atoms with Crippen LogP contribution in [0.4, 0.5) is 0 Å². The van der Waals surface area contributed by atoms with Gasteiger partial charge >= 0.3 is 5.97 Å². The summed E-state index contributed by atoms with van der Waals surface area (Å²) in [7, 11) is 0. The van der Waals surface area contributed by atoms with Gasteiger partial charge in [0.2, 0.25) is 0 Å². The first kappa shape index (κ1) is 11.6. The largest absolute Gasteiger partial charge is 0.478 e. The molecule has 0 aromatic carbocycles. The van der Waals surface area contributed by atoms with Crippen molar-refractivity contribution in [2.75, 3.05) is 0 Å². The topological polar surface area (TPSA) is 63.1 Å². The monoisotopic (exact) mass is 208 g/mol. The molecule has 0 aliphatic heterocycles. The van der Waals surface area contributed by atoms with Gasteiger partial charge in [0.05, 0.1) is 11.3 Å². The zero-order valence-electron chi connectivity index (χ0n) is 9.53. The number of nitrogens with zero attached hydrogens (tertiary/aromatic N) is 2. The number of rotatable bonds is 2. The standard InChI is InChI=1S/C11H16N2O2/c1-5-8-7(9(14)15)6-12-10(13-8)11(2,3)4/h6H,5H2,1-4H3,(H,14,15). The minimum atomic E-state index is -0.965. The summed E-state index contributed by atoms with van der Waals surface area (Å²) in [6.45, 7) is 7.90. The van der Waals surface area contributed by atoms with Gasteiger partial charge in [0, 0.05) is 11.6 Å². The van der Waals surface area contributed by atoms with Crippen molar-refractivity contribution >= 4 is 5.97 Å². The lowest BCUT2D eigenvalue weighted by Crippen LogP contribution is -2.18. The number of hydrogen-bond acceptors (Lipinski definition) is 3. The van der Waals surface area contributed by atoms with Gasteiger partial charge in [-0.05, 0) is 6.42 Å². The zero-order valence-corrected chi connectivity index (χ0v) is 9.53. The molecule has 1 N–H and O–H groups in total. The number of aromatic carboxylic acids is 1. The lowest BCUT2D eigenvalue weighted by molar-refractivity contribution is 0.0694. The third-order valence-electron chi connectivity index (χ3n) is 2.10. The van der Waals surface area contributed by atoms with Gasteiger partial charge in [-0.3, -0.25) is 0 Å². The van der Waals surface area contributed by atoms with Crippen molar-refractivity contribution in [2.24, 2.45) is 0 Å². The molecule has 0 radical (unpaired) electrons. The van der Waals surface area contributed by atoms with Gasteiger partial charge in [-0.1, -0.05) is 27.7 Å². The maximum Gasteiger partial charge on any atom is 0.339 e. The van der Waals surface area contributed by atoms with Crippen LogP contribution in [-0.2, 0) is 11.8 Å². The summed E-state index contributed by atoms with van der Waals surface area (Å²) in [4.78, 5) is 19.2. The lowest BCUT2D eigenvalue weighted by Gasteiger charge is -2.17. The molecule has 0 saturated heterocycles. The maximum absolute atomic E-state index is 10.9. The number of aromatic nitrogens is 2. The van der Waals surface area contributed by atoms with E-state index in [4.69, 9.17) is 5.11 Å². The van der Waals surface area contributed by atoms with E-state index in [1.807, 2.05) is 27.7 Å². The minimum Gasteiger partial charge on any atom is -0.478 e. The lowest BCUT2D eigenvalue weighted by atomic mass is 9.95. The molecular weight excluding hydrogens is 192 g/mol. The maximum atomic E-state index is 10.9. The van der Waals surface area contributed by atoms with Crippen molar-refractivity contribution in [3.63, 3.8) is 0 Å². The van der Waals surface area contributed by atoms with Gasteiger partial charge in [-0.25, -0.2) is 14.8 Å². The van der Waals surface area contributed by atoms with Crippen molar-refractivity contribution in [3.05, 3.63) is 23.3 Å².